The maximum Gasteiger partial charge on any atom is 0.161 e. The molecule has 0 bridgehead atoms. The highest BCUT2D eigenvalue weighted by molar-refractivity contribution is 5.76. The Labute approximate surface area is 122 Å². The zero-order valence-electron chi connectivity index (χ0n) is 12.4. The van der Waals surface area contributed by atoms with Gasteiger partial charge in [0.05, 0.1) is 17.6 Å². The Hall–Kier alpha value is -1.53. The fourth-order valence-corrected chi connectivity index (χ4v) is 3.01. The van der Waals surface area contributed by atoms with E-state index in [1.807, 2.05) is 19.0 Å². The number of halogens is 2. The fraction of sp³-hybridized carbons (Fsp3) is 0.533. The zero-order valence-corrected chi connectivity index (χ0v) is 12.4. The van der Waals surface area contributed by atoms with Crippen molar-refractivity contribution in [3.8, 4) is 0 Å². The summed E-state index contributed by atoms with van der Waals surface area (Å²) in [5.41, 5.74) is 1.22. The number of imidazole rings is 1. The molecule has 1 aromatic heterocycles. The molecule has 0 amide bonds. The van der Waals surface area contributed by atoms with Crippen LogP contribution in [0.5, 0.6) is 0 Å². The number of benzene rings is 1. The summed E-state index contributed by atoms with van der Waals surface area (Å²) in [6.45, 7) is 2.53. The maximum absolute atomic E-state index is 13.6. The Bertz CT molecular complexity index is 645. The molecule has 1 N–H and O–H groups in total. The minimum Gasteiger partial charge on any atom is -0.324 e. The van der Waals surface area contributed by atoms with Crippen LogP contribution in [0.15, 0.2) is 12.1 Å². The molecule has 1 aliphatic heterocycles. The molecular formula is C15H20F2N4. The first-order valence-electron chi connectivity index (χ1n) is 7.27. The van der Waals surface area contributed by atoms with Gasteiger partial charge in [0, 0.05) is 18.2 Å². The molecule has 2 heterocycles. The van der Waals surface area contributed by atoms with Crippen LogP contribution < -0.4 is 5.32 Å². The molecule has 6 heteroatoms. The largest absolute Gasteiger partial charge is 0.324 e. The van der Waals surface area contributed by atoms with Gasteiger partial charge in [-0.3, -0.25) is 0 Å². The second-order valence-corrected chi connectivity index (χ2v) is 5.87. The predicted molar refractivity (Wildman–Crippen MR) is 78.2 cm³/mol. The lowest BCUT2D eigenvalue weighted by molar-refractivity contribution is 0.335. The Balaban J connectivity index is 2.13. The van der Waals surface area contributed by atoms with Crippen LogP contribution in [0.1, 0.15) is 24.7 Å². The van der Waals surface area contributed by atoms with Gasteiger partial charge in [0.15, 0.2) is 11.6 Å². The highest BCUT2D eigenvalue weighted by atomic mass is 19.2. The van der Waals surface area contributed by atoms with Crippen molar-refractivity contribution in [2.75, 3.05) is 27.2 Å². The van der Waals surface area contributed by atoms with Crippen LogP contribution in [0.4, 0.5) is 8.78 Å². The van der Waals surface area contributed by atoms with Crippen molar-refractivity contribution in [3.63, 3.8) is 0 Å². The van der Waals surface area contributed by atoms with E-state index < -0.39 is 11.6 Å². The summed E-state index contributed by atoms with van der Waals surface area (Å²) in [6, 6.07) is 2.76. The van der Waals surface area contributed by atoms with Crippen LogP contribution in [-0.4, -0.2) is 41.6 Å². The van der Waals surface area contributed by atoms with E-state index in [1.54, 1.807) is 0 Å². The molecule has 0 radical (unpaired) electrons. The third kappa shape index (κ3) is 2.78. The van der Waals surface area contributed by atoms with E-state index in [9.17, 15) is 8.78 Å². The Morgan fingerprint density at radius 2 is 1.90 bits per heavy atom. The van der Waals surface area contributed by atoms with E-state index in [2.05, 4.69) is 14.9 Å². The topological polar surface area (TPSA) is 33.1 Å². The Kier molecular flexibility index (Phi) is 3.91. The summed E-state index contributed by atoms with van der Waals surface area (Å²) >= 11 is 0. The Morgan fingerprint density at radius 1 is 1.24 bits per heavy atom. The van der Waals surface area contributed by atoms with Crippen molar-refractivity contribution in [1.82, 2.24) is 19.8 Å². The molecule has 4 nitrogen and oxygen atoms in total. The first-order chi connectivity index (χ1) is 10.1. The minimum absolute atomic E-state index is 0.288. The smallest absolute Gasteiger partial charge is 0.161 e. The number of nitrogens with zero attached hydrogens (tertiary/aromatic N) is 3. The first-order valence-corrected chi connectivity index (χ1v) is 7.27. The van der Waals surface area contributed by atoms with Crippen LogP contribution in [-0.2, 0) is 6.54 Å². The van der Waals surface area contributed by atoms with Crippen molar-refractivity contribution in [1.29, 1.82) is 0 Å². The SMILES string of the molecule is CN(C)Cc1nc2cc(F)c(F)cc2n1C1CCNCC1. The van der Waals surface area contributed by atoms with Crippen LogP contribution in [0.25, 0.3) is 11.0 Å². The summed E-state index contributed by atoms with van der Waals surface area (Å²) in [7, 11) is 3.93. The molecule has 0 aliphatic carbocycles. The number of rotatable bonds is 3. The molecule has 1 saturated heterocycles. The van der Waals surface area contributed by atoms with Crippen LogP contribution in [0, 0.1) is 11.6 Å². The molecule has 1 aliphatic rings. The molecule has 0 atom stereocenters. The molecule has 3 rings (SSSR count). The van der Waals surface area contributed by atoms with Gasteiger partial charge in [0.2, 0.25) is 0 Å². The van der Waals surface area contributed by atoms with Gasteiger partial charge >= 0.3 is 0 Å². The number of hydrogen-bond donors (Lipinski definition) is 1. The third-order valence-corrected chi connectivity index (χ3v) is 3.94. The van der Waals surface area contributed by atoms with Crippen LogP contribution in [0.2, 0.25) is 0 Å². The summed E-state index contributed by atoms with van der Waals surface area (Å²) < 4.78 is 29.2. The summed E-state index contributed by atoms with van der Waals surface area (Å²) in [5.74, 6) is -0.783. The number of nitrogens with one attached hydrogen (secondary N) is 1. The first kappa shape index (κ1) is 14.4. The number of aromatic nitrogens is 2. The van der Waals surface area contributed by atoms with Gasteiger partial charge < -0.3 is 14.8 Å². The van der Waals surface area contributed by atoms with Gasteiger partial charge in [-0.15, -0.1) is 0 Å². The van der Waals surface area contributed by atoms with Gasteiger partial charge in [-0.1, -0.05) is 0 Å². The number of piperidine rings is 1. The molecular weight excluding hydrogens is 274 g/mol. The van der Waals surface area contributed by atoms with Gasteiger partial charge in [-0.05, 0) is 40.0 Å². The molecule has 1 fully saturated rings. The van der Waals surface area contributed by atoms with E-state index in [-0.39, 0.29) is 6.04 Å². The van der Waals surface area contributed by atoms with Gasteiger partial charge in [0.25, 0.3) is 0 Å². The van der Waals surface area contributed by atoms with Crippen molar-refractivity contribution in [2.24, 2.45) is 0 Å². The molecule has 0 unspecified atom stereocenters. The van der Waals surface area contributed by atoms with Gasteiger partial charge in [0.1, 0.15) is 5.82 Å². The van der Waals surface area contributed by atoms with E-state index >= 15 is 0 Å². The second-order valence-electron chi connectivity index (χ2n) is 5.87. The molecule has 1 aromatic carbocycles. The van der Waals surface area contributed by atoms with Crippen LogP contribution >= 0.6 is 0 Å². The lowest BCUT2D eigenvalue weighted by atomic mass is 10.1. The van der Waals surface area contributed by atoms with E-state index in [0.29, 0.717) is 17.6 Å². The van der Waals surface area contributed by atoms with Crippen molar-refractivity contribution in [2.45, 2.75) is 25.4 Å². The number of hydrogen-bond acceptors (Lipinski definition) is 3. The van der Waals surface area contributed by atoms with Gasteiger partial charge in [-0.2, -0.15) is 0 Å². The highest BCUT2D eigenvalue weighted by Crippen LogP contribution is 2.28. The van der Waals surface area contributed by atoms with Gasteiger partial charge in [-0.25, -0.2) is 13.8 Å². The van der Waals surface area contributed by atoms with E-state index in [4.69, 9.17) is 0 Å². The second kappa shape index (κ2) is 5.69. The number of fused-ring (bicyclic) bond motifs is 1. The molecule has 0 spiro atoms. The average molecular weight is 294 g/mol. The standard InChI is InChI=1S/C15H20F2N4/c1-20(2)9-15-19-13-7-11(16)12(17)8-14(13)21(15)10-3-5-18-6-4-10/h7-8,10,18H,3-6,9H2,1-2H3. The van der Waals surface area contributed by atoms with E-state index in [1.165, 1.54) is 12.1 Å². The molecule has 21 heavy (non-hydrogen) atoms. The highest BCUT2D eigenvalue weighted by Gasteiger charge is 2.22. The third-order valence-electron chi connectivity index (χ3n) is 3.94. The quantitative estimate of drug-likeness (QED) is 0.943. The molecule has 2 aromatic rings. The van der Waals surface area contributed by atoms with Crippen molar-refractivity contribution < 1.29 is 8.78 Å². The monoisotopic (exact) mass is 294 g/mol. The molecule has 114 valence electrons. The zero-order chi connectivity index (χ0) is 15.0. The normalized spacial score (nSPS) is 17.0. The summed E-state index contributed by atoms with van der Waals surface area (Å²) in [4.78, 5) is 6.54. The Morgan fingerprint density at radius 3 is 2.57 bits per heavy atom. The fourth-order valence-electron chi connectivity index (χ4n) is 3.01. The maximum atomic E-state index is 13.6. The van der Waals surface area contributed by atoms with E-state index in [0.717, 1.165) is 31.8 Å². The van der Waals surface area contributed by atoms with Crippen LogP contribution in [0.3, 0.4) is 0 Å². The summed E-state index contributed by atoms with van der Waals surface area (Å²) in [5, 5.41) is 3.33. The predicted octanol–water partition coefficient (Wildman–Crippen LogP) is 2.30. The minimum atomic E-state index is -0.839. The molecule has 0 saturated carbocycles. The summed E-state index contributed by atoms with van der Waals surface area (Å²) in [6.07, 6.45) is 1.95. The lowest BCUT2D eigenvalue weighted by Gasteiger charge is -2.27. The van der Waals surface area contributed by atoms with Crippen molar-refractivity contribution >= 4 is 11.0 Å². The average Bonchev–Trinajstić information content (AvgIpc) is 2.76. The van der Waals surface area contributed by atoms with Crippen molar-refractivity contribution in [3.05, 3.63) is 29.6 Å². The lowest BCUT2D eigenvalue weighted by Crippen LogP contribution is -2.30.